The zero-order valence-corrected chi connectivity index (χ0v) is 23.2. The van der Waals surface area contributed by atoms with Gasteiger partial charge in [-0.25, -0.2) is 9.59 Å². The van der Waals surface area contributed by atoms with Crippen molar-refractivity contribution in [2.45, 2.75) is 90.6 Å². The van der Waals surface area contributed by atoms with Crippen LogP contribution in [-0.2, 0) is 30.5 Å². The second-order valence-corrected chi connectivity index (χ2v) is 11.3. The first-order chi connectivity index (χ1) is 18.3. The third-order valence-electron chi connectivity index (χ3n) is 6.76. The van der Waals surface area contributed by atoms with Gasteiger partial charge in [0.25, 0.3) is 5.69 Å². The number of carbonyl (C=O) groups is 4. The molecule has 0 aromatic heterocycles. The van der Waals surface area contributed by atoms with Crippen LogP contribution in [0.15, 0.2) is 24.3 Å². The number of amides is 3. The lowest BCUT2D eigenvalue weighted by molar-refractivity contribution is -0.384. The van der Waals surface area contributed by atoms with Crippen LogP contribution in [0.4, 0.5) is 10.5 Å². The second kappa shape index (κ2) is 12.4. The minimum atomic E-state index is -0.866. The van der Waals surface area contributed by atoms with Gasteiger partial charge in [0.05, 0.1) is 4.92 Å². The number of esters is 1. The van der Waals surface area contributed by atoms with E-state index in [4.69, 9.17) is 9.47 Å². The standard InChI is InChI=1S/C27H38N4O8/c1-17(2)22(28-26(35)39-27(3,4)5)24(33)29-14-6-8-20(29)23(32)30-15-7-9-21(30)25(34)38-16-18-10-12-19(13-11-18)31(36)37/h10-13,17,20-22H,6-9,14-16H2,1-5H3,(H,28,35)/t20-,21-,22-/m0/s1. The van der Waals surface area contributed by atoms with Crippen molar-refractivity contribution < 1.29 is 33.6 Å². The molecule has 2 aliphatic rings. The first-order valence-corrected chi connectivity index (χ1v) is 13.3. The summed E-state index contributed by atoms with van der Waals surface area (Å²) in [6, 6.07) is 3.33. The molecule has 1 N–H and O–H groups in total. The molecule has 214 valence electrons. The molecule has 0 unspecified atom stereocenters. The van der Waals surface area contributed by atoms with E-state index in [-0.39, 0.29) is 30.0 Å². The van der Waals surface area contributed by atoms with Gasteiger partial charge in [-0.3, -0.25) is 19.7 Å². The first kappa shape index (κ1) is 29.9. The van der Waals surface area contributed by atoms with Gasteiger partial charge in [0, 0.05) is 25.2 Å². The van der Waals surface area contributed by atoms with Crippen molar-refractivity contribution in [3.63, 3.8) is 0 Å². The van der Waals surface area contributed by atoms with Crippen LogP contribution in [0, 0.1) is 16.0 Å². The summed E-state index contributed by atoms with van der Waals surface area (Å²) in [6.07, 6.45) is 1.46. The van der Waals surface area contributed by atoms with Crippen molar-refractivity contribution >= 4 is 29.6 Å². The Hall–Kier alpha value is -3.70. The molecule has 39 heavy (non-hydrogen) atoms. The summed E-state index contributed by atoms with van der Waals surface area (Å²) in [5, 5.41) is 13.5. The lowest BCUT2D eigenvalue weighted by atomic mass is 10.0. The van der Waals surface area contributed by atoms with Gasteiger partial charge in [-0.05, 0) is 70.1 Å². The second-order valence-electron chi connectivity index (χ2n) is 11.3. The molecule has 12 heteroatoms. The fourth-order valence-electron chi connectivity index (χ4n) is 4.85. The molecule has 2 saturated heterocycles. The van der Waals surface area contributed by atoms with Gasteiger partial charge in [0.15, 0.2) is 0 Å². The summed E-state index contributed by atoms with van der Waals surface area (Å²) < 4.78 is 10.8. The molecule has 1 aromatic carbocycles. The predicted molar refractivity (Wildman–Crippen MR) is 140 cm³/mol. The fourth-order valence-corrected chi connectivity index (χ4v) is 4.85. The topological polar surface area (TPSA) is 148 Å². The van der Waals surface area contributed by atoms with Crippen molar-refractivity contribution in [2.24, 2.45) is 5.92 Å². The average Bonchev–Trinajstić information content (AvgIpc) is 3.54. The number of rotatable bonds is 8. The highest BCUT2D eigenvalue weighted by Gasteiger charge is 2.44. The van der Waals surface area contributed by atoms with Gasteiger partial charge in [-0.2, -0.15) is 0 Å². The van der Waals surface area contributed by atoms with Crippen LogP contribution in [0.5, 0.6) is 0 Å². The van der Waals surface area contributed by atoms with E-state index in [2.05, 4.69) is 5.32 Å². The van der Waals surface area contributed by atoms with E-state index in [1.165, 1.54) is 34.1 Å². The lowest BCUT2D eigenvalue weighted by Crippen LogP contribution is -2.57. The number of alkyl carbamates (subject to hydrolysis) is 1. The summed E-state index contributed by atoms with van der Waals surface area (Å²) in [5.41, 5.74) is -0.192. The van der Waals surface area contributed by atoms with Gasteiger partial charge >= 0.3 is 12.1 Å². The Morgan fingerprint density at radius 3 is 2.18 bits per heavy atom. The highest BCUT2D eigenvalue weighted by molar-refractivity contribution is 5.94. The number of hydrogen-bond acceptors (Lipinski definition) is 8. The number of nitrogens with zero attached hydrogens (tertiary/aromatic N) is 3. The summed E-state index contributed by atoms with van der Waals surface area (Å²) >= 11 is 0. The zero-order chi connectivity index (χ0) is 28.9. The molecule has 0 radical (unpaired) electrons. The summed E-state index contributed by atoms with van der Waals surface area (Å²) in [6.45, 7) is 9.49. The van der Waals surface area contributed by atoms with Gasteiger partial charge in [0.2, 0.25) is 11.8 Å². The Morgan fingerprint density at radius 1 is 1.03 bits per heavy atom. The van der Waals surface area contributed by atoms with Crippen LogP contribution in [0.3, 0.4) is 0 Å². The molecule has 3 amide bonds. The maximum Gasteiger partial charge on any atom is 0.408 e. The van der Waals surface area contributed by atoms with Crippen LogP contribution in [0.2, 0.25) is 0 Å². The number of carbonyl (C=O) groups excluding carboxylic acids is 4. The number of nitro benzene ring substituents is 1. The molecule has 2 aliphatic heterocycles. The number of nitrogens with one attached hydrogen (secondary N) is 1. The Bertz CT molecular complexity index is 1080. The van der Waals surface area contributed by atoms with Crippen LogP contribution in [-0.4, -0.2) is 75.4 Å². The van der Waals surface area contributed by atoms with Crippen molar-refractivity contribution in [3.8, 4) is 0 Å². The molecular formula is C27H38N4O8. The molecule has 3 atom stereocenters. The van der Waals surface area contributed by atoms with Gasteiger partial charge in [0.1, 0.15) is 30.3 Å². The quantitative estimate of drug-likeness (QED) is 0.297. The fraction of sp³-hybridized carbons (Fsp3) is 0.630. The van der Waals surface area contributed by atoms with Crippen molar-refractivity contribution in [3.05, 3.63) is 39.9 Å². The monoisotopic (exact) mass is 546 g/mol. The smallest absolute Gasteiger partial charge is 0.408 e. The lowest BCUT2D eigenvalue weighted by Gasteiger charge is -2.33. The molecule has 0 saturated carbocycles. The van der Waals surface area contributed by atoms with E-state index in [9.17, 15) is 29.3 Å². The van der Waals surface area contributed by atoms with E-state index < -0.39 is 40.7 Å². The first-order valence-electron chi connectivity index (χ1n) is 13.3. The van der Waals surface area contributed by atoms with E-state index in [1.807, 2.05) is 13.8 Å². The summed E-state index contributed by atoms with van der Waals surface area (Å²) in [5.74, 6) is -1.46. The maximum absolute atomic E-state index is 13.6. The van der Waals surface area contributed by atoms with E-state index >= 15 is 0 Å². The summed E-state index contributed by atoms with van der Waals surface area (Å²) in [4.78, 5) is 65.7. The molecule has 12 nitrogen and oxygen atoms in total. The molecular weight excluding hydrogens is 508 g/mol. The van der Waals surface area contributed by atoms with Crippen LogP contribution in [0.25, 0.3) is 0 Å². The minimum absolute atomic E-state index is 0.0608. The Kier molecular flexibility index (Phi) is 9.52. The predicted octanol–water partition coefficient (Wildman–Crippen LogP) is 3.17. The van der Waals surface area contributed by atoms with Gasteiger partial charge < -0.3 is 24.6 Å². The maximum atomic E-state index is 13.6. The highest BCUT2D eigenvalue weighted by atomic mass is 16.6. The van der Waals surface area contributed by atoms with Gasteiger partial charge in [-0.15, -0.1) is 0 Å². The average molecular weight is 547 g/mol. The van der Waals surface area contributed by atoms with Crippen LogP contribution < -0.4 is 5.32 Å². The Morgan fingerprint density at radius 2 is 1.62 bits per heavy atom. The largest absolute Gasteiger partial charge is 0.459 e. The van der Waals surface area contributed by atoms with Crippen LogP contribution in [0.1, 0.15) is 65.9 Å². The number of non-ortho nitro benzene ring substituents is 1. The third-order valence-corrected chi connectivity index (χ3v) is 6.76. The normalized spacial score (nSPS) is 20.1. The molecule has 2 heterocycles. The summed E-state index contributed by atoms with van der Waals surface area (Å²) in [7, 11) is 0. The zero-order valence-electron chi connectivity index (χ0n) is 23.2. The number of ether oxygens (including phenoxy) is 2. The number of likely N-dealkylation sites (tertiary alicyclic amines) is 2. The third kappa shape index (κ3) is 7.67. The highest BCUT2D eigenvalue weighted by Crippen LogP contribution is 2.27. The van der Waals surface area contributed by atoms with E-state index in [0.717, 1.165) is 0 Å². The van der Waals surface area contributed by atoms with E-state index in [0.29, 0.717) is 44.3 Å². The van der Waals surface area contributed by atoms with Crippen LogP contribution >= 0.6 is 0 Å². The van der Waals surface area contributed by atoms with Crippen molar-refractivity contribution in [1.29, 1.82) is 0 Å². The number of nitro groups is 1. The Balaban J connectivity index is 1.65. The number of benzene rings is 1. The SMILES string of the molecule is CC(C)[C@H](NC(=O)OC(C)(C)C)C(=O)N1CCC[C@H]1C(=O)N1CCC[C@H]1C(=O)OCc1ccc([N+](=O)[O-])cc1. The molecule has 1 aromatic rings. The molecule has 0 aliphatic carbocycles. The molecule has 0 bridgehead atoms. The minimum Gasteiger partial charge on any atom is -0.459 e. The van der Waals surface area contributed by atoms with E-state index in [1.54, 1.807) is 20.8 Å². The number of hydrogen-bond donors (Lipinski definition) is 1. The molecule has 2 fully saturated rings. The van der Waals surface area contributed by atoms with Crippen molar-refractivity contribution in [2.75, 3.05) is 13.1 Å². The molecule has 3 rings (SSSR count). The van der Waals surface area contributed by atoms with Gasteiger partial charge in [-0.1, -0.05) is 13.8 Å². The Labute approximate surface area is 228 Å². The van der Waals surface area contributed by atoms with Crippen molar-refractivity contribution in [1.82, 2.24) is 15.1 Å². The molecule has 0 spiro atoms.